The molecule has 0 aliphatic heterocycles. The molecule has 2 aliphatic rings. The summed E-state index contributed by atoms with van der Waals surface area (Å²) in [6, 6.07) is 24.3. The lowest BCUT2D eigenvalue weighted by Crippen LogP contribution is -2.32. The van der Waals surface area contributed by atoms with Gasteiger partial charge in [-0.3, -0.25) is 4.98 Å². The maximum atomic E-state index is 4.95. The van der Waals surface area contributed by atoms with Crippen molar-refractivity contribution in [1.82, 2.24) is 4.98 Å². The Hall–Kier alpha value is -3.26. The number of fused-ring (bicyclic) bond motifs is 5. The van der Waals surface area contributed by atoms with Gasteiger partial charge in [0, 0.05) is 29.3 Å². The fraction of sp³-hybridized carbons (Fsp3) is 0.241. The van der Waals surface area contributed by atoms with Crippen molar-refractivity contribution in [2.75, 3.05) is 0 Å². The normalized spacial score (nSPS) is 15.8. The summed E-state index contributed by atoms with van der Waals surface area (Å²) in [7, 11) is 2.17. The van der Waals surface area contributed by atoms with Gasteiger partial charge >= 0.3 is 0 Å². The third kappa shape index (κ3) is 2.64. The summed E-state index contributed by atoms with van der Waals surface area (Å²) in [6.45, 7) is 2.27. The van der Waals surface area contributed by atoms with Crippen LogP contribution in [0.1, 0.15) is 42.5 Å². The second kappa shape index (κ2) is 6.88. The largest absolute Gasteiger partial charge is 0.260 e. The lowest BCUT2D eigenvalue weighted by Gasteiger charge is -2.27. The van der Waals surface area contributed by atoms with E-state index >= 15 is 0 Å². The standard InChI is InChI=1S/C29H27N2/c1-20-12-13-23-24-11-8-17-30-28(24)29(15-6-7-16-29)27(23)26(20)25-19-22(14-18-31(25)2)21-9-4-3-5-10-21/h3-5,8-14,17-19H,6-7,15-16H2,1-2H3/q+1. The zero-order valence-corrected chi connectivity index (χ0v) is 18.2. The molecule has 2 aliphatic carbocycles. The number of rotatable bonds is 2. The molecule has 0 amide bonds. The maximum Gasteiger partial charge on any atom is 0.213 e. The van der Waals surface area contributed by atoms with Crippen molar-refractivity contribution >= 4 is 0 Å². The number of hydrogen-bond acceptors (Lipinski definition) is 1. The molecule has 0 atom stereocenters. The van der Waals surface area contributed by atoms with Gasteiger partial charge in [-0.05, 0) is 53.6 Å². The Kier molecular flexibility index (Phi) is 4.11. The van der Waals surface area contributed by atoms with Crippen LogP contribution < -0.4 is 4.57 Å². The summed E-state index contributed by atoms with van der Waals surface area (Å²) < 4.78 is 2.29. The third-order valence-electron chi connectivity index (χ3n) is 7.41. The van der Waals surface area contributed by atoms with Crippen LogP contribution in [0, 0.1) is 6.92 Å². The second-order valence-corrected chi connectivity index (χ2v) is 9.15. The van der Waals surface area contributed by atoms with Crippen molar-refractivity contribution in [1.29, 1.82) is 0 Å². The van der Waals surface area contributed by atoms with Crippen LogP contribution in [-0.2, 0) is 12.5 Å². The molecule has 0 unspecified atom stereocenters. The Bertz CT molecular complexity index is 1300. The van der Waals surface area contributed by atoms with Gasteiger partial charge in [0.2, 0.25) is 5.69 Å². The molecule has 1 saturated carbocycles. The molecule has 0 saturated heterocycles. The molecule has 4 aromatic rings. The molecule has 0 radical (unpaired) electrons. The minimum Gasteiger partial charge on any atom is -0.260 e. The van der Waals surface area contributed by atoms with E-state index in [-0.39, 0.29) is 5.41 Å². The Morgan fingerprint density at radius 1 is 0.839 bits per heavy atom. The summed E-state index contributed by atoms with van der Waals surface area (Å²) in [6.07, 6.45) is 9.13. The number of pyridine rings is 2. The van der Waals surface area contributed by atoms with Crippen LogP contribution >= 0.6 is 0 Å². The summed E-state index contributed by atoms with van der Waals surface area (Å²) in [5.41, 5.74) is 12.2. The maximum absolute atomic E-state index is 4.95. The predicted molar refractivity (Wildman–Crippen MR) is 126 cm³/mol. The van der Waals surface area contributed by atoms with Crippen LogP contribution in [0.15, 0.2) is 79.1 Å². The lowest BCUT2D eigenvalue weighted by molar-refractivity contribution is -0.660. The fourth-order valence-electron chi connectivity index (χ4n) is 5.97. The third-order valence-corrected chi connectivity index (χ3v) is 7.41. The molecule has 31 heavy (non-hydrogen) atoms. The van der Waals surface area contributed by atoms with Gasteiger partial charge in [0.15, 0.2) is 6.20 Å². The van der Waals surface area contributed by atoms with Crippen molar-refractivity contribution in [3.8, 4) is 33.5 Å². The van der Waals surface area contributed by atoms with E-state index in [9.17, 15) is 0 Å². The van der Waals surface area contributed by atoms with E-state index in [0.29, 0.717) is 0 Å². The zero-order valence-electron chi connectivity index (χ0n) is 18.2. The fourth-order valence-corrected chi connectivity index (χ4v) is 5.97. The molecule has 2 aromatic carbocycles. The SMILES string of the molecule is Cc1ccc2c(c1-c1cc(-c3ccccc3)cc[n+]1C)C1(CCCC1)c1ncccc1-2. The van der Waals surface area contributed by atoms with E-state index in [2.05, 4.69) is 91.5 Å². The quantitative estimate of drug-likeness (QED) is 0.354. The minimum absolute atomic E-state index is 0.0586. The van der Waals surface area contributed by atoms with Crippen LogP contribution in [0.3, 0.4) is 0 Å². The highest BCUT2D eigenvalue weighted by molar-refractivity contribution is 5.88. The minimum atomic E-state index is 0.0586. The molecule has 2 aromatic heterocycles. The van der Waals surface area contributed by atoms with Crippen molar-refractivity contribution < 1.29 is 4.57 Å². The van der Waals surface area contributed by atoms with Crippen LogP contribution in [0.25, 0.3) is 33.5 Å². The Labute approximate surface area is 184 Å². The van der Waals surface area contributed by atoms with Crippen LogP contribution in [0.2, 0.25) is 0 Å². The highest BCUT2D eigenvalue weighted by atomic mass is 14.9. The van der Waals surface area contributed by atoms with E-state index in [1.165, 1.54) is 76.0 Å². The summed E-state index contributed by atoms with van der Waals surface area (Å²) >= 11 is 0. The Morgan fingerprint density at radius 2 is 1.65 bits per heavy atom. The van der Waals surface area contributed by atoms with Crippen molar-refractivity contribution in [3.05, 3.63) is 95.9 Å². The molecule has 152 valence electrons. The van der Waals surface area contributed by atoms with Gasteiger partial charge in [-0.2, -0.15) is 0 Å². The molecular formula is C29H27N2+. The van der Waals surface area contributed by atoms with E-state index in [4.69, 9.17) is 4.98 Å². The molecule has 2 heteroatoms. The molecular weight excluding hydrogens is 376 g/mol. The zero-order chi connectivity index (χ0) is 21.0. The van der Waals surface area contributed by atoms with Crippen molar-refractivity contribution in [2.45, 2.75) is 38.0 Å². The number of aromatic nitrogens is 2. The first kappa shape index (κ1) is 18.5. The predicted octanol–water partition coefficient (Wildman–Crippen LogP) is 6.39. The molecule has 0 N–H and O–H groups in total. The van der Waals surface area contributed by atoms with Crippen molar-refractivity contribution in [3.63, 3.8) is 0 Å². The highest BCUT2D eigenvalue weighted by Gasteiger charge is 2.48. The van der Waals surface area contributed by atoms with E-state index in [0.717, 1.165) is 0 Å². The number of hydrogen-bond donors (Lipinski definition) is 0. The van der Waals surface area contributed by atoms with E-state index < -0.39 is 0 Å². The van der Waals surface area contributed by atoms with Crippen LogP contribution in [-0.4, -0.2) is 4.98 Å². The summed E-state index contributed by atoms with van der Waals surface area (Å²) in [4.78, 5) is 4.95. The first-order valence-electron chi connectivity index (χ1n) is 11.3. The van der Waals surface area contributed by atoms with Gasteiger partial charge < -0.3 is 0 Å². The van der Waals surface area contributed by atoms with Gasteiger partial charge in [-0.25, -0.2) is 4.57 Å². The van der Waals surface area contributed by atoms with Crippen LogP contribution in [0.5, 0.6) is 0 Å². The average Bonchev–Trinajstić information content (AvgIpc) is 3.40. The average molecular weight is 404 g/mol. The van der Waals surface area contributed by atoms with E-state index in [1.807, 2.05) is 6.20 Å². The van der Waals surface area contributed by atoms with Gasteiger partial charge in [-0.15, -0.1) is 0 Å². The molecule has 1 spiro atoms. The summed E-state index contributed by atoms with van der Waals surface area (Å²) in [5, 5.41) is 0. The Balaban J connectivity index is 1.65. The summed E-state index contributed by atoms with van der Waals surface area (Å²) in [5.74, 6) is 0. The van der Waals surface area contributed by atoms with Crippen molar-refractivity contribution in [2.24, 2.45) is 7.05 Å². The second-order valence-electron chi connectivity index (χ2n) is 9.15. The molecule has 2 nitrogen and oxygen atoms in total. The number of benzene rings is 2. The molecule has 6 rings (SSSR count). The monoisotopic (exact) mass is 403 g/mol. The molecule has 0 bridgehead atoms. The topological polar surface area (TPSA) is 16.8 Å². The van der Waals surface area contributed by atoms with Gasteiger partial charge in [0.1, 0.15) is 7.05 Å². The molecule has 1 fully saturated rings. The van der Waals surface area contributed by atoms with Gasteiger partial charge in [0.25, 0.3) is 0 Å². The van der Waals surface area contributed by atoms with Gasteiger partial charge in [0.05, 0.1) is 11.3 Å². The number of nitrogens with zero attached hydrogens (tertiary/aromatic N) is 2. The van der Waals surface area contributed by atoms with Gasteiger partial charge in [-0.1, -0.05) is 61.4 Å². The van der Waals surface area contributed by atoms with Crippen LogP contribution in [0.4, 0.5) is 0 Å². The first-order valence-corrected chi connectivity index (χ1v) is 11.3. The number of aryl methyl sites for hydroxylation is 2. The highest BCUT2D eigenvalue weighted by Crippen LogP contribution is 2.58. The lowest BCUT2D eigenvalue weighted by atomic mass is 9.75. The molecule has 2 heterocycles. The Morgan fingerprint density at radius 3 is 2.45 bits per heavy atom. The first-order chi connectivity index (χ1) is 15.2. The van der Waals surface area contributed by atoms with E-state index in [1.54, 1.807) is 0 Å². The smallest absolute Gasteiger partial charge is 0.213 e.